The molecule has 2 aliphatic heterocycles. The molecular formula is C25H37Cl2N3O4. The van der Waals surface area contributed by atoms with E-state index in [4.69, 9.17) is 9.47 Å². The predicted molar refractivity (Wildman–Crippen MR) is 139 cm³/mol. The van der Waals surface area contributed by atoms with Gasteiger partial charge in [-0.3, -0.25) is 9.78 Å². The Morgan fingerprint density at radius 1 is 1.12 bits per heavy atom. The first-order valence-electron chi connectivity index (χ1n) is 11.3. The zero-order valence-electron chi connectivity index (χ0n) is 20.0. The number of fused-ring (bicyclic) bond motifs is 1. The lowest BCUT2D eigenvalue weighted by molar-refractivity contribution is 0.0660. The minimum absolute atomic E-state index is 0. The van der Waals surface area contributed by atoms with Crippen LogP contribution in [-0.2, 0) is 12.8 Å². The number of aromatic nitrogens is 1. The normalized spacial score (nSPS) is 17.5. The number of likely N-dealkylation sites (tertiary alicyclic amines) is 1. The quantitative estimate of drug-likeness (QED) is 0.539. The molecule has 1 atom stereocenters. The maximum atomic E-state index is 13.2. The SMILES string of the molecule is COc1cc2c(cc1OC)C(=O)N(CC1CCCN(CCCc3cccnc3)C1)CC2.Cl.Cl.O. The Labute approximate surface area is 215 Å². The molecule has 0 radical (unpaired) electrons. The number of hydrogen-bond donors (Lipinski definition) is 0. The van der Waals surface area contributed by atoms with Crippen molar-refractivity contribution in [1.29, 1.82) is 0 Å². The average molecular weight is 514 g/mol. The molecule has 1 fully saturated rings. The van der Waals surface area contributed by atoms with E-state index in [1.807, 2.05) is 35.5 Å². The van der Waals surface area contributed by atoms with Crippen LogP contribution in [0.2, 0.25) is 0 Å². The van der Waals surface area contributed by atoms with Crippen molar-refractivity contribution in [3.8, 4) is 11.5 Å². The predicted octanol–water partition coefficient (Wildman–Crippen LogP) is 3.46. The van der Waals surface area contributed by atoms with Crippen LogP contribution >= 0.6 is 24.8 Å². The van der Waals surface area contributed by atoms with Crippen molar-refractivity contribution in [3.63, 3.8) is 0 Å². The summed E-state index contributed by atoms with van der Waals surface area (Å²) in [5.41, 5.74) is 3.12. The highest BCUT2D eigenvalue weighted by Gasteiger charge is 2.29. The molecule has 190 valence electrons. The molecule has 3 heterocycles. The Hall–Kier alpha value is -2.06. The number of aryl methyl sites for hydroxylation is 1. The Morgan fingerprint density at radius 2 is 1.88 bits per heavy atom. The molecule has 0 spiro atoms. The topological polar surface area (TPSA) is 86.4 Å². The fraction of sp³-hybridized carbons (Fsp3) is 0.520. The molecule has 2 aromatic rings. The van der Waals surface area contributed by atoms with Gasteiger partial charge in [0.05, 0.1) is 14.2 Å². The highest BCUT2D eigenvalue weighted by atomic mass is 35.5. The zero-order chi connectivity index (χ0) is 21.6. The number of methoxy groups -OCH3 is 2. The molecule has 34 heavy (non-hydrogen) atoms. The third-order valence-electron chi connectivity index (χ3n) is 6.52. The Kier molecular flexibility index (Phi) is 12.7. The molecule has 1 saturated heterocycles. The minimum atomic E-state index is 0. The number of rotatable bonds is 8. The van der Waals surface area contributed by atoms with Crippen LogP contribution in [0.4, 0.5) is 0 Å². The number of benzene rings is 1. The number of carbonyl (C=O) groups is 1. The van der Waals surface area contributed by atoms with Gasteiger partial charge >= 0.3 is 0 Å². The maximum absolute atomic E-state index is 13.2. The number of hydrogen-bond acceptors (Lipinski definition) is 5. The van der Waals surface area contributed by atoms with E-state index in [1.165, 1.54) is 18.4 Å². The van der Waals surface area contributed by atoms with Crippen molar-refractivity contribution in [3.05, 3.63) is 53.3 Å². The van der Waals surface area contributed by atoms with Gasteiger partial charge in [0, 0.05) is 37.6 Å². The highest BCUT2D eigenvalue weighted by Crippen LogP contribution is 2.33. The number of nitrogens with zero attached hydrogens (tertiary/aromatic N) is 3. The summed E-state index contributed by atoms with van der Waals surface area (Å²) < 4.78 is 10.8. The molecular weight excluding hydrogens is 477 g/mol. The van der Waals surface area contributed by atoms with Crippen LogP contribution in [0.5, 0.6) is 11.5 Å². The summed E-state index contributed by atoms with van der Waals surface area (Å²) in [4.78, 5) is 22.0. The zero-order valence-corrected chi connectivity index (χ0v) is 21.6. The van der Waals surface area contributed by atoms with Crippen molar-refractivity contribution in [1.82, 2.24) is 14.8 Å². The molecule has 0 saturated carbocycles. The first-order valence-corrected chi connectivity index (χ1v) is 11.3. The number of piperidine rings is 1. The molecule has 2 N–H and O–H groups in total. The first kappa shape index (κ1) is 30.0. The summed E-state index contributed by atoms with van der Waals surface area (Å²) in [5, 5.41) is 0. The molecule has 2 aliphatic rings. The minimum Gasteiger partial charge on any atom is -0.493 e. The van der Waals surface area contributed by atoms with Gasteiger partial charge in [-0.15, -0.1) is 24.8 Å². The van der Waals surface area contributed by atoms with Gasteiger partial charge < -0.3 is 24.7 Å². The number of halogens is 2. The van der Waals surface area contributed by atoms with Crippen LogP contribution in [0.15, 0.2) is 36.7 Å². The summed E-state index contributed by atoms with van der Waals surface area (Å²) in [6, 6.07) is 7.95. The van der Waals surface area contributed by atoms with E-state index < -0.39 is 0 Å². The van der Waals surface area contributed by atoms with Gasteiger partial charge in [0.2, 0.25) is 0 Å². The molecule has 0 aliphatic carbocycles. The molecule has 7 nitrogen and oxygen atoms in total. The van der Waals surface area contributed by atoms with E-state index in [0.29, 0.717) is 17.4 Å². The summed E-state index contributed by atoms with van der Waals surface area (Å²) in [7, 11) is 3.24. The van der Waals surface area contributed by atoms with Crippen molar-refractivity contribution in [2.24, 2.45) is 5.92 Å². The summed E-state index contributed by atoms with van der Waals surface area (Å²) in [5.74, 6) is 1.97. The average Bonchev–Trinajstić information content (AvgIpc) is 2.81. The fourth-order valence-corrected chi connectivity index (χ4v) is 4.90. The van der Waals surface area contributed by atoms with Crippen LogP contribution in [-0.4, -0.2) is 73.1 Å². The standard InChI is InChI=1S/C25H33N3O3.2ClH.H2O/c1-30-23-14-21-9-13-28(25(29)22(21)15-24(23)31-2)18-20-8-5-12-27(17-20)11-4-7-19-6-3-10-26-16-19;;;/h3,6,10,14-16,20H,4-5,7-9,11-13,17-18H2,1-2H3;2*1H;1H2. The van der Waals surface area contributed by atoms with Gasteiger partial charge in [0.25, 0.3) is 5.91 Å². The number of carbonyl (C=O) groups excluding carboxylic acids is 1. The van der Waals surface area contributed by atoms with Gasteiger partial charge in [0.1, 0.15) is 0 Å². The molecule has 1 aromatic carbocycles. The maximum Gasteiger partial charge on any atom is 0.254 e. The lowest BCUT2D eigenvalue weighted by Gasteiger charge is -2.37. The van der Waals surface area contributed by atoms with E-state index in [9.17, 15) is 4.79 Å². The number of ether oxygens (including phenoxy) is 2. The second-order valence-electron chi connectivity index (χ2n) is 8.64. The number of amides is 1. The lowest BCUT2D eigenvalue weighted by atomic mass is 9.93. The molecule has 1 aromatic heterocycles. The lowest BCUT2D eigenvalue weighted by Crippen LogP contribution is -2.45. The largest absolute Gasteiger partial charge is 0.493 e. The summed E-state index contributed by atoms with van der Waals surface area (Å²) >= 11 is 0. The second-order valence-corrected chi connectivity index (χ2v) is 8.64. The van der Waals surface area contributed by atoms with Gasteiger partial charge in [-0.25, -0.2) is 0 Å². The van der Waals surface area contributed by atoms with Crippen molar-refractivity contribution in [2.75, 3.05) is 46.9 Å². The number of pyridine rings is 1. The van der Waals surface area contributed by atoms with E-state index in [0.717, 1.165) is 63.1 Å². The summed E-state index contributed by atoms with van der Waals surface area (Å²) in [6.07, 6.45) is 9.28. The first-order chi connectivity index (χ1) is 15.2. The Bertz CT molecular complexity index is 901. The fourth-order valence-electron chi connectivity index (χ4n) is 4.90. The van der Waals surface area contributed by atoms with E-state index >= 15 is 0 Å². The van der Waals surface area contributed by atoms with Crippen LogP contribution in [0.25, 0.3) is 0 Å². The van der Waals surface area contributed by atoms with Gasteiger partial charge in [-0.1, -0.05) is 6.07 Å². The Morgan fingerprint density at radius 3 is 2.59 bits per heavy atom. The third-order valence-corrected chi connectivity index (χ3v) is 6.52. The van der Waals surface area contributed by atoms with Gasteiger partial charge in [0.15, 0.2) is 11.5 Å². The van der Waals surface area contributed by atoms with Crippen molar-refractivity contribution < 1.29 is 19.7 Å². The monoisotopic (exact) mass is 513 g/mol. The molecule has 0 bridgehead atoms. The van der Waals surface area contributed by atoms with Crippen LogP contribution < -0.4 is 9.47 Å². The Balaban J connectivity index is 0.00000193. The molecule has 4 rings (SSSR count). The van der Waals surface area contributed by atoms with Crippen LogP contribution in [0.1, 0.15) is 40.7 Å². The van der Waals surface area contributed by atoms with E-state index in [1.54, 1.807) is 14.2 Å². The van der Waals surface area contributed by atoms with E-state index in [2.05, 4.69) is 16.0 Å². The molecule has 9 heteroatoms. The second kappa shape index (κ2) is 14.4. The molecule has 1 amide bonds. The third kappa shape index (κ3) is 7.22. The van der Waals surface area contributed by atoms with Crippen LogP contribution in [0, 0.1) is 5.92 Å². The van der Waals surface area contributed by atoms with Crippen molar-refractivity contribution >= 4 is 30.7 Å². The summed E-state index contributed by atoms with van der Waals surface area (Å²) in [6.45, 7) is 4.97. The van der Waals surface area contributed by atoms with Crippen molar-refractivity contribution in [2.45, 2.75) is 32.1 Å². The van der Waals surface area contributed by atoms with Crippen LogP contribution in [0.3, 0.4) is 0 Å². The van der Waals surface area contributed by atoms with Gasteiger partial charge in [-0.05, 0) is 80.4 Å². The van der Waals surface area contributed by atoms with Gasteiger partial charge in [-0.2, -0.15) is 0 Å². The van der Waals surface area contributed by atoms with E-state index in [-0.39, 0.29) is 36.2 Å². The molecule has 1 unspecified atom stereocenters. The smallest absolute Gasteiger partial charge is 0.254 e. The highest BCUT2D eigenvalue weighted by molar-refractivity contribution is 5.97.